The molecule has 0 aliphatic rings. The fourth-order valence-electron chi connectivity index (χ4n) is 1.60. The molecular formula is C11H14N4O3S. The Labute approximate surface area is 110 Å². The zero-order valence-corrected chi connectivity index (χ0v) is 10.9. The van der Waals surface area contributed by atoms with Crippen molar-refractivity contribution < 1.29 is 8.42 Å². The van der Waals surface area contributed by atoms with Gasteiger partial charge in [0.05, 0.1) is 11.4 Å². The van der Waals surface area contributed by atoms with Crippen molar-refractivity contribution >= 4 is 15.7 Å². The molecule has 0 saturated carbocycles. The van der Waals surface area contributed by atoms with Gasteiger partial charge in [-0.1, -0.05) is 0 Å². The van der Waals surface area contributed by atoms with Gasteiger partial charge in [0.25, 0.3) is 0 Å². The molecule has 2 aromatic rings. The SMILES string of the molecule is NS(=O)(=O)CCNc1ccc(-n2cc[nH]c2=O)cc1. The number of primary sulfonamides is 1. The van der Waals surface area contributed by atoms with E-state index in [4.69, 9.17) is 5.14 Å². The van der Waals surface area contributed by atoms with Crippen molar-refractivity contribution in [3.63, 3.8) is 0 Å². The Morgan fingerprint density at radius 2 is 1.95 bits per heavy atom. The summed E-state index contributed by atoms with van der Waals surface area (Å²) in [6.07, 6.45) is 3.19. The Morgan fingerprint density at radius 3 is 2.47 bits per heavy atom. The summed E-state index contributed by atoms with van der Waals surface area (Å²) in [4.78, 5) is 13.9. The van der Waals surface area contributed by atoms with Crippen molar-refractivity contribution in [2.45, 2.75) is 0 Å². The van der Waals surface area contributed by atoms with Gasteiger partial charge in [-0.05, 0) is 24.3 Å². The van der Waals surface area contributed by atoms with E-state index in [0.717, 1.165) is 11.4 Å². The number of aromatic nitrogens is 2. The molecule has 0 aliphatic heterocycles. The van der Waals surface area contributed by atoms with Crippen molar-refractivity contribution in [2.24, 2.45) is 5.14 Å². The van der Waals surface area contributed by atoms with Crippen LogP contribution in [0.4, 0.5) is 5.69 Å². The lowest BCUT2D eigenvalue weighted by Gasteiger charge is -2.06. The number of hydrogen-bond acceptors (Lipinski definition) is 4. The minimum atomic E-state index is -3.46. The zero-order valence-electron chi connectivity index (χ0n) is 10.0. The fraction of sp³-hybridized carbons (Fsp3) is 0.182. The van der Waals surface area contributed by atoms with E-state index in [1.54, 1.807) is 36.7 Å². The molecule has 0 amide bonds. The molecule has 0 aliphatic carbocycles. The van der Waals surface area contributed by atoms with Crippen LogP contribution in [-0.2, 0) is 10.0 Å². The molecule has 2 rings (SSSR count). The van der Waals surface area contributed by atoms with Gasteiger partial charge < -0.3 is 10.3 Å². The molecule has 0 atom stereocenters. The van der Waals surface area contributed by atoms with E-state index in [9.17, 15) is 13.2 Å². The summed E-state index contributed by atoms with van der Waals surface area (Å²) in [5.74, 6) is -0.133. The molecule has 8 heteroatoms. The minimum Gasteiger partial charge on any atom is -0.384 e. The summed E-state index contributed by atoms with van der Waals surface area (Å²) >= 11 is 0. The summed E-state index contributed by atoms with van der Waals surface area (Å²) in [6.45, 7) is 0.238. The van der Waals surface area contributed by atoms with E-state index in [1.807, 2.05) is 0 Å². The van der Waals surface area contributed by atoms with E-state index in [2.05, 4.69) is 10.3 Å². The second-order valence-corrected chi connectivity index (χ2v) is 5.71. The first-order chi connectivity index (χ1) is 8.96. The third kappa shape index (κ3) is 3.70. The van der Waals surface area contributed by atoms with Crippen LogP contribution in [0.3, 0.4) is 0 Å². The number of H-pyrrole nitrogens is 1. The van der Waals surface area contributed by atoms with Gasteiger partial charge in [-0.15, -0.1) is 0 Å². The number of nitrogens with two attached hydrogens (primary N) is 1. The van der Waals surface area contributed by atoms with E-state index in [0.29, 0.717) is 0 Å². The van der Waals surface area contributed by atoms with Crippen LogP contribution < -0.4 is 16.1 Å². The second kappa shape index (κ2) is 5.29. The van der Waals surface area contributed by atoms with E-state index in [-0.39, 0.29) is 18.0 Å². The summed E-state index contributed by atoms with van der Waals surface area (Å²) in [7, 11) is -3.46. The zero-order chi connectivity index (χ0) is 13.9. The Kier molecular flexibility index (Phi) is 3.72. The van der Waals surface area contributed by atoms with E-state index < -0.39 is 10.0 Å². The first-order valence-corrected chi connectivity index (χ1v) is 7.28. The van der Waals surface area contributed by atoms with Gasteiger partial charge in [-0.3, -0.25) is 4.57 Å². The topological polar surface area (TPSA) is 110 Å². The number of sulfonamides is 1. The van der Waals surface area contributed by atoms with Crippen LogP contribution in [0.5, 0.6) is 0 Å². The summed E-state index contributed by atoms with van der Waals surface area (Å²) in [5.41, 5.74) is 1.27. The lowest BCUT2D eigenvalue weighted by atomic mass is 10.3. The predicted octanol–water partition coefficient (Wildman–Crippen LogP) is -0.134. The first kappa shape index (κ1) is 13.4. The van der Waals surface area contributed by atoms with Crippen LogP contribution in [0, 0.1) is 0 Å². The highest BCUT2D eigenvalue weighted by Gasteiger charge is 2.02. The molecule has 4 N–H and O–H groups in total. The third-order valence-corrected chi connectivity index (χ3v) is 3.28. The molecule has 0 unspecified atom stereocenters. The molecule has 19 heavy (non-hydrogen) atoms. The van der Waals surface area contributed by atoms with Crippen LogP contribution in [0.2, 0.25) is 0 Å². The van der Waals surface area contributed by atoms with Gasteiger partial charge >= 0.3 is 5.69 Å². The van der Waals surface area contributed by atoms with Gasteiger partial charge in [0.1, 0.15) is 0 Å². The van der Waals surface area contributed by atoms with Crippen molar-refractivity contribution in [3.8, 4) is 5.69 Å². The van der Waals surface area contributed by atoms with E-state index >= 15 is 0 Å². The minimum absolute atomic E-state index is 0.133. The molecule has 0 bridgehead atoms. The maximum Gasteiger partial charge on any atom is 0.330 e. The van der Waals surface area contributed by atoms with Crippen LogP contribution in [-0.4, -0.2) is 30.3 Å². The smallest absolute Gasteiger partial charge is 0.330 e. The number of nitrogens with one attached hydrogen (secondary N) is 2. The second-order valence-electron chi connectivity index (χ2n) is 3.98. The number of imidazole rings is 1. The maximum atomic E-state index is 11.4. The Bertz CT molecular complexity index is 700. The summed E-state index contributed by atoms with van der Waals surface area (Å²) in [6, 6.07) is 7.04. The highest BCUT2D eigenvalue weighted by molar-refractivity contribution is 7.89. The molecule has 0 radical (unpaired) electrons. The van der Waals surface area contributed by atoms with Gasteiger partial charge in [-0.2, -0.15) is 0 Å². The monoisotopic (exact) mass is 282 g/mol. The van der Waals surface area contributed by atoms with Crippen molar-refractivity contribution in [1.29, 1.82) is 0 Å². The summed E-state index contributed by atoms with van der Waals surface area (Å²) < 4.78 is 23.0. The number of nitrogens with zero attached hydrogens (tertiary/aromatic N) is 1. The Morgan fingerprint density at radius 1 is 1.26 bits per heavy atom. The van der Waals surface area contributed by atoms with E-state index in [1.165, 1.54) is 4.57 Å². The number of benzene rings is 1. The average molecular weight is 282 g/mol. The van der Waals surface area contributed by atoms with Crippen LogP contribution >= 0.6 is 0 Å². The van der Waals surface area contributed by atoms with Gasteiger partial charge in [0, 0.05) is 24.6 Å². The van der Waals surface area contributed by atoms with Crippen molar-refractivity contribution in [1.82, 2.24) is 9.55 Å². The molecule has 1 aromatic heterocycles. The number of anilines is 1. The molecule has 0 spiro atoms. The highest BCUT2D eigenvalue weighted by Crippen LogP contribution is 2.11. The molecule has 0 fully saturated rings. The standard InChI is InChI=1S/C11H14N4O3S/c12-19(17,18)8-6-13-9-1-3-10(4-2-9)15-7-5-14-11(15)16/h1-5,7,13H,6,8H2,(H,14,16)(H2,12,17,18). The fourth-order valence-corrected chi connectivity index (χ4v) is 1.99. The van der Waals surface area contributed by atoms with Crippen LogP contribution in [0.25, 0.3) is 5.69 Å². The van der Waals surface area contributed by atoms with Crippen molar-refractivity contribution in [3.05, 3.63) is 47.1 Å². The largest absolute Gasteiger partial charge is 0.384 e. The molecule has 102 valence electrons. The normalized spacial score (nSPS) is 11.4. The van der Waals surface area contributed by atoms with Crippen molar-refractivity contribution in [2.75, 3.05) is 17.6 Å². The Hall–Kier alpha value is -2.06. The quantitative estimate of drug-likeness (QED) is 0.709. The Balaban J connectivity index is 2.03. The summed E-state index contributed by atoms with van der Waals surface area (Å²) in [5, 5.41) is 7.83. The molecule has 1 aromatic carbocycles. The molecular weight excluding hydrogens is 268 g/mol. The van der Waals surface area contributed by atoms with Gasteiger partial charge in [-0.25, -0.2) is 18.4 Å². The maximum absolute atomic E-state index is 11.4. The van der Waals surface area contributed by atoms with Gasteiger partial charge in [0.2, 0.25) is 10.0 Å². The number of rotatable bonds is 5. The third-order valence-electron chi connectivity index (χ3n) is 2.51. The first-order valence-electron chi connectivity index (χ1n) is 5.56. The number of hydrogen-bond donors (Lipinski definition) is 3. The predicted molar refractivity (Wildman–Crippen MR) is 72.9 cm³/mol. The lowest BCUT2D eigenvalue weighted by Crippen LogP contribution is -2.22. The molecule has 7 nitrogen and oxygen atoms in total. The highest BCUT2D eigenvalue weighted by atomic mass is 32.2. The molecule has 1 heterocycles. The number of aromatic amines is 1. The van der Waals surface area contributed by atoms with Crippen LogP contribution in [0.1, 0.15) is 0 Å². The molecule has 0 saturated heterocycles. The van der Waals surface area contributed by atoms with Gasteiger partial charge in [0.15, 0.2) is 0 Å². The average Bonchev–Trinajstić information content (AvgIpc) is 2.75. The van der Waals surface area contributed by atoms with Crippen LogP contribution in [0.15, 0.2) is 41.5 Å². The lowest BCUT2D eigenvalue weighted by molar-refractivity contribution is 0.598.